The molecular weight excluding hydrogens is 258 g/mol. The number of amidine groups is 1. The van der Waals surface area contributed by atoms with Gasteiger partial charge in [0.25, 0.3) is 5.91 Å². The zero-order valence-electron chi connectivity index (χ0n) is 11.7. The van der Waals surface area contributed by atoms with Crippen molar-refractivity contribution >= 4 is 11.7 Å². The van der Waals surface area contributed by atoms with E-state index < -0.39 is 5.54 Å². The molecule has 1 aromatic heterocycles. The summed E-state index contributed by atoms with van der Waals surface area (Å²) in [5, 5.41) is 15.1. The maximum absolute atomic E-state index is 12.4. The van der Waals surface area contributed by atoms with Crippen LogP contribution in [0.25, 0.3) is 0 Å². The number of nitrogens with two attached hydrogens (primary N) is 1. The van der Waals surface area contributed by atoms with Crippen molar-refractivity contribution < 1.29 is 14.4 Å². The molecule has 20 heavy (non-hydrogen) atoms. The third kappa shape index (κ3) is 2.79. The number of hydrogen-bond donors (Lipinski definition) is 3. The van der Waals surface area contributed by atoms with Crippen LogP contribution in [-0.2, 0) is 0 Å². The number of aryl methyl sites for hydroxylation is 1. The number of rotatable bonds is 3. The highest BCUT2D eigenvalue weighted by Gasteiger charge is 2.37. The molecule has 0 unspecified atom stereocenters. The summed E-state index contributed by atoms with van der Waals surface area (Å²) in [6, 6.07) is 1.63. The van der Waals surface area contributed by atoms with Gasteiger partial charge in [-0.05, 0) is 25.8 Å². The minimum atomic E-state index is -0.758. The molecule has 2 rings (SSSR count). The largest absolute Gasteiger partial charge is 0.469 e. The topological polar surface area (TPSA) is 101 Å². The monoisotopic (exact) mass is 279 g/mol. The fourth-order valence-corrected chi connectivity index (χ4v) is 2.78. The second-order valence-corrected chi connectivity index (χ2v) is 5.33. The third-order valence-electron chi connectivity index (χ3n) is 4.01. The predicted molar refractivity (Wildman–Crippen MR) is 74.8 cm³/mol. The SMILES string of the molecule is Cc1occc1C(=O)NC1(/C(N)=N/O)CCCCCC1. The van der Waals surface area contributed by atoms with Gasteiger partial charge < -0.3 is 20.7 Å². The molecule has 0 aliphatic heterocycles. The van der Waals surface area contributed by atoms with Gasteiger partial charge in [-0.1, -0.05) is 30.8 Å². The van der Waals surface area contributed by atoms with Crippen molar-refractivity contribution in [2.45, 2.75) is 51.0 Å². The van der Waals surface area contributed by atoms with Gasteiger partial charge in [0.15, 0.2) is 5.84 Å². The fraction of sp³-hybridized carbons (Fsp3) is 0.571. The number of carbonyl (C=O) groups excluding carboxylic acids is 1. The summed E-state index contributed by atoms with van der Waals surface area (Å²) in [7, 11) is 0. The molecule has 1 heterocycles. The van der Waals surface area contributed by atoms with E-state index in [2.05, 4.69) is 10.5 Å². The van der Waals surface area contributed by atoms with Crippen LogP contribution in [0.2, 0.25) is 0 Å². The van der Waals surface area contributed by atoms with Gasteiger partial charge in [-0.15, -0.1) is 0 Å². The molecule has 0 spiro atoms. The Hall–Kier alpha value is -1.98. The summed E-state index contributed by atoms with van der Waals surface area (Å²) in [5.41, 5.74) is 5.58. The molecule has 1 fully saturated rings. The number of hydrogen-bond acceptors (Lipinski definition) is 4. The van der Waals surface area contributed by atoms with Crippen molar-refractivity contribution in [2.75, 3.05) is 0 Å². The highest BCUT2D eigenvalue weighted by molar-refractivity contribution is 6.00. The number of oxime groups is 1. The number of nitrogens with zero attached hydrogens (tertiary/aromatic N) is 1. The Balaban J connectivity index is 2.24. The Labute approximate surface area is 118 Å². The lowest BCUT2D eigenvalue weighted by Crippen LogP contribution is -2.57. The second-order valence-electron chi connectivity index (χ2n) is 5.33. The minimum absolute atomic E-state index is 0.0777. The van der Waals surface area contributed by atoms with Crippen molar-refractivity contribution in [3.63, 3.8) is 0 Å². The van der Waals surface area contributed by atoms with Gasteiger partial charge in [0.05, 0.1) is 11.8 Å². The first-order valence-corrected chi connectivity index (χ1v) is 6.94. The number of furan rings is 1. The number of carbonyl (C=O) groups is 1. The molecular formula is C14H21N3O3. The zero-order chi connectivity index (χ0) is 14.6. The Kier molecular flexibility index (Phi) is 4.32. The fourth-order valence-electron chi connectivity index (χ4n) is 2.78. The highest BCUT2D eigenvalue weighted by atomic mass is 16.4. The van der Waals surface area contributed by atoms with Crippen molar-refractivity contribution in [1.82, 2.24) is 5.32 Å². The van der Waals surface area contributed by atoms with Crippen molar-refractivity contribution in [3.05, 3.63) is 23.7 Å². The van der Waals surface area contributed by atoms with E-state index in [-0.39, 0.29) is 11.7 Å². The standard InChI is InChI=1S/C14H21N3O3/c1-10-11(6-9-20-10)12(18)16-14(13(15)17-19)7-4-2-3-5-8-14/h6,9,19H,2-5,7-8H2,1H3,(H2,15,17)(H,16,18). The average molecular weight is 279 g/mol. The molecule has 1 aliphatic carbocycles. The highest BCUT2D eigenvalue weighted by Crippen LogP contribution is 2.28. The van der Waals surface area contributed by atoms with Crippen LogP contribution in [0.15, 0.2) is 21.9 Å². The first-order chi connectivity index (χ1) is 9.59. The second kappa shape index (κ2) is 5.98. The summed E-state index contributed by atoms with van der Waals surface area (Å²) in [6.45, 7) is 1.73. The summed E-state index contributed by atoms with van der Waals surface area (Å²) >= 11 is 0. The zero-order valence-corrected chi connectivity index (χ0v) is 11.7. The molecule has 1 aliphatic rings. The summed E-state index contributed by atoms with van der Waals surface area (Å²) in [4.78, 5) is 12.4. The van der Waals surface area contributed by atoms with E-state index in [1.807, 2.05) is 0 Å². The van der Waals surface area contributed by atoms with Crippen molar-refractivity contribution in [2.24, 2.45) is 10.9 Å². The maximum atomic E-state index is 12.4. The summed E-state index contributed by atoms with van der Waals surface area (Å²) in [6.07, 6.45) is 6.94. The van der Waals surface area contributed by atoms with Crippen LogP contribution in [0.1, 0.15) is 54.6 Å². The van der Waals surface area contributed by atoms with Crippen LogP contribution < -0.4 is 11.1 Å². The van der Waals surface area contributed by atoms with E-state index in [9.17, 15) is 4.79 Å². The van der Waals surface area contributed by atoms with Gasteiger partial charge in [-0.2, -0.15) is 0 Å². The number of amides is 1. The van der Waals surface area contributed by atoms with E-state index >= 15 is 0 Å². The van der Waals surface area contributed by atoms with E-state index in [4.69, 9.17) is 15.4 Å². The lowest BCUT2D eigenvalue weighted by atomic mass is 9.88. The predicted octanol–water partition coefficient (Wildman–Crippen LogP) is 2.16. The van der Waals surface area contributed by atoms with Gasteiger partial charge in [-0.3, -0.25) is 4.79 Å². The van der Waals surface area contributed by atoms with E-state index in [1.54, 1.807) is 13.0 Å². The van der Waals surface area contributed by atoms with Gasteiger partial charge in [0.1, 0.15) is 11.3 Å². The van der Waals surface area contributed by atoms with Gasteiger partial charge in [0, 0.05) is 0 Å². The smallest absolute Gasteiger partial charge is 0.255 e. The van der Waals surface area contributed by atoms with E-state index in [0.29, 0.717) is 24.2 Å². The van der Waals surface area contributed by atoms with Crippen LogP contribution in [0.5, 0.6) is 0 Å². The molecule has 1 aromatic rings. The van der Waals surface area contributed by atoms with Crippen LogP contribution in [0.3, 0.4) is 0 Å². The molecule has 0 radical (unpaired) electrons. The molecule has 4 N–H and O–H groups in total. The molecule has 110 valence electrons. The molecule has 0 atom stereocenters. The molecule has 6 heteroatoms. The molecule has 0 aromatic carbocycles. The van der Waals surface area contributed by atoms with Crippen molar-refractivity contribution in [3.8, 4) is 0 Å². The third-order valence-corrected chi connectivity index (χ3v) is 4.01. The number of nitrogens with one attached hydrogen (secondary N) is 1. The molecule has 1 saturated carbocycles. The lowest BCUT2D eigenvalue weighted by molar-refractivity contribution is 0.0914. The summed E-state index contributed by atoms with van der Waals surface area (Å²) < 4.78 is 5.15. The molecule has 0 saturated heterocycles. The van der Waals surface area contributed by atoms with Crippen LogP contribution >= 0.6 is 0 Å². The summed E-state index contributed by atoms with van der Waals surface area (Å²) in [5.74, 6) is 0.393. The Morgan fingerprint density at radius 2 is 2.05 bits per heavy atom. The normalized spacial score (nSPS) is 19.4. The first-order valence-electron chi connectivity index (χ1n) is 6.94. The van der Waals surface area contributed by atoms with Crippen molar-refractivity contribution in [1.29, 1.82) is 0 Å². The van der Waals surface area contributed by atoms with E-state index in [0.717, 1.165) is 25.7 Å². The van der Waals surface area contributed by atoms with Gasteiger partial charge in [0.2, 0.25) is 0 Å². The Bertz CT molecular complexity index is 500. The van der Waals surface area contributed by atoms with E-state index in [1.165, 1.54) is 6.26 Å². The van der Waals surface area contributed by atoms with Gasteiger partial charge in [-0.25, -0.2) is 0 Å². The molecule has 0 bridgehead atoms. The molecule has 6 nitrogen and oxygen atoms in total. The maximum Gasteiger partial charge on any atom is 0.255 e. The minimum Gasteiger partial charge on any atom is -0.469 e. The first kappa shape index (κ1) is 14.4. The molecule has 1 amide bonds. The van der Waals surface area contributed by atoms with Gasteiger partial charge >= 0.3 is 0 Å². The lowest BCUT2D eigenvalue weighted by Gasteiger charge is -2.32. The van der Waals surface area contributed by atoms with Crippen LogP contribution in [-0.4, -0.2) is 22.5 Å². The Morgan fingerprint density at radius 1 is 1.40 bits per heavy atom. The van der Waals surface area contributed by atoms with Crippen LogP contribution in [0.4, 0.5) is 0 Å². The quantitative estimate of drug-likeness (QED) is 0.259. The van der Waals surface area contributed by atoms with Crippen LogP contribution in [0, 0.1) is 6.92 Å². The Morgan fingerprint density at radius 3 is 2.55 bits per heavy atom. The average Bonchev–Trinajstić information content (AvgIpc) is 2.73.